The molecule has 0 saturated heterocycles. The predicted octanol–water partition coefficient (Wildman–Crippen LogP) is 3.10. The largest absolute Gasteiger partial charge is 0.202 e. The number of hydrogen-bond acceptors (Lipinski definition) is 0. The van der Waals surface area contributed by atoms with Crippen LogP contribution in [-0.2, 0) is 0 Å². The van der Waals surface area contributed by atoms with Crippen LogP contribution in [0.1, 0.15) is 0 Å². The zero-order valence-corrected chi connectivity index (χ0v) is 11.2. The molecule has 0 aromatic carbocycles. The van der Waals surface area contributed by atoms with Crippen molar-refractivity contribution in [1.29, 1.82) is 0 Å². The third-order valence-electron chi connectivity index (χ3n) is 1.19. The lowest BCUT2D eigenvalue weighted by atomic mass is 11.3. The van der Waals surface area contributed by atoms with Crippen molar-refractivity contribution < 1.29 is 0 Å². The van der Waals surface area contributed by atoms with Crippen LogP contribution < -0.4 is 0 Å². The zero-order chi connectivity index (χ0) is 9.12. The summed E-state index contributed by atoms with van der Waals surface area (Å²) in [6, 6.07) is 0. The molecule has 0 unspecified atom stereocenters. The van der Waals surface area contributed by atoms with Crippen LogP contribution in [0.25, 0.3) is 0 Å². The first kappa shape index (κ1) is 11.2. The standard InChI is InChI=1S/C8H15BrSi2/c1-6-10(2,3)7-8-11(4,5)9/h6H,1H2,2-5H3. The fraction of sp³-hybridized carbons (Fsp3) is 0.500. The van der Waals surface area contributed by atoms with Crippen LogP contribution in [0.5, 0.6) is 0 Å². The van der Waals surface area contributed by atoms with Gasteiger partial charge in [-0.15, -0.1) is 33.0 Å². The topological polar surface area (TPSA) is 0 Å². The van der Waals surface area contributed by atoms with Crippen molar-refractivity contribution in [2.24, 2.45) is 0 Å². The monoisotopic (exact) mass is 246 g/mol. The maximum absolute atomic E-state index is 3.79. The van der Waals surface area contributed by atoms with Crippen LogP contribution in [-0.4, -0.2) is 14.8 Å². The van der Waals surface area contributed by atoms with Crippen molar-refractivity contribution >= 4 is 30.1 Å². The van der Waals surface area contributed by atoms with Crippen molar-refractivity contribution in [2.75, 3.05) is 0 Å². The second-order valence-electron chi connectivity index (χ2n) is 3.65. The van der Waals surface area contributed by atoms with Gasteiger partial charge in [-0.1, -0.05) is 18.8 Å². The summed E-state index contributed by atoms with van der Waals surface area (Å²) in [5.74, 6) is 0. The number of halogens is 1. The Morgan fingerprint density at radius 3 is 1.91 bits per heavy atom. The molecule has 0 nitrogen and oxygen atoms in total. The highest BCUT2D eigenvalue weighted by Gasteiger charge is 2.15. The van der Waals surface area contributed by atoms with Gasteiger partial charge in [0.1, 0.15) is 0 Å². The Kier molecular flexibility index (Phi) is 3.82. The van der Waals surface area contributed by atoms with Gasteiger partial charge in [0.2, 0.25) is 6.69 Å². The summed E-state index contributed by atoms with van der Waals surface area (Å²) in [4.78, 5) is 0. The molecular formula is C8H15BrSi2. The molecule has 0 bridgehead atoms. The highest BCUT2D eigenvalue weighted by Crippen LogP contribution is 2.09. The molecule has 0 heterocycles. The summed E-state index contributed by atoms with van der Waals surface area (Å²) in [7, 11) is -1.38. The normalized spacial score (nSPS) is 11.7. The lowest BCUT2D eigenvalue weighted by Gasteiger charge is -2.08. The molecule has 0 aliphatic carbocycles. The molecule has 0 fully saturated rings. The van der Waals surface area contributed by atoms with E-state index >= 15 is 0 Å². The third kappa shape index (κ3) is 6.61. The summed E-state index contributed by atoms with van der Waals surface area (Å²) < 4.78 is 0. The van der Waals surface area contributed by atoms with Gasteiger partial charge >= 0.3 is 0 Å². The third-order valence-corrected chi connectivity index (χ3v) is 4.55. The highest BCUT2D eigenvalue weighted by molar-refractivity contribution is 9.26. The first-order chi connectivity index (χ1) is 4.77. The molecule has 0 amide bonds. The van der Waals surface area contributed by atoms with Gasteiger partial charge in [-0.05, 0) is 13.1 Å². The van der Waals surface area contributed by atoms with E-state index in [9.17, 15) is 0 Å². The fourth-order valence-electron chi connectivity index (χ4n) is 0.361. The Morgan fingerprint density at radius 1 is 1.18 bits per heavy atom. The van der Waals surface area contributed by atoms with Gasteiger partial charge in [0.05, 0.1) is 0 Å². The van der Waals surface area contributed by atoms with Crippen LogP contribution in [0.2, 0.25) is 26.2 Å². The molecule has 0 aromatic rings. The predicted molar refractivity (Wildman–Crippen MR) is 61.9 cm³/mol. The van der Waals surface area contributed by atoms with E-state index < -0.39 is 14.8 Å². The lowest BCUT2D eigenvalue weighted by molar-refractivity contribution is 1.90. The van der Waals surface area contributed by atoms with E-state index in [1.165, 1.54) is 0 Å². The van der Waals surface area contributed by atoms with Crippen LogP contribution in [0.15, 0.2) is 12.3 Å². The average molecular weight is 247 g/mol. The minimum absolute atomic E-state index is 1.34. The van der Waals surface area contributed by atoms with Crippen LogP contribution in [0.4, 0.5) is 0 Å². The van der Waals surface area contributed by atoms with Gasteiger partial charge in [0.15, 0.2) is 8.07 Å². The smallest absolute Gasteiger partial charge is 0.133 e. The zero-order valence-electron chi connectivity index (χ0n) is 7.66. The number of hydrogen-bond donors (Lipinski definition) is 0. The molecule has 0 aliphatic rings. The maximum atomic E-state index is 3.79. The summed E-state index contributed by atoms with van der Waals surface area (Å²) in [5, 5.41) is 0. The van der Waals surface area contributed by atoms with Crippen LogP contribution in [0.3, 0.4) is 0 Å². The Hall–Kier alpha value is 0.214. The fourth-order valence-corrected chi connectivity index (χ4v) is 3.83. The molecule has 0 aromatic heterocycles. The van der Waals surface area contributed by atoms with Crippen molar-refractivity contribution in [1.82, 2.24) is 0 Å². The molecule has 0 N–H and O–H groups in total. The van der Waals surface area contributed by atoms with Crippen molar-refractivity contribution in [2.45, 2.75) is 26.2 Å². The molecule has 62 valence electrons. The molecule has 0 radical (unpaired) electrons. The Balaban J connectivity index is 4.41. The van der Waals surface area contributed by atoms with E-state index in [-0.39, 0.29) is 0 Å². The lowest BCUT2D eigenvalue weighted by Crippen LogP contribution is -2.22. The summed E-state index contributed by atoms with van der Waals surface area (Å²) in [6.07, 6.45) is 0. The van der Waals surface area contributed by atoms with E-state index in [0.717, 1.165) is 0 Å². The van der Waals surface area contributed by atoms with Gasteiger partial charge in [0, 0.05) is 0 Å². The second-order valence-corrected chi connectivity index (χ2v) is 16.9. The summed E-state index contributed by atoms with van der Waals surface area (Å²) >= 11 is 3.61. The van der Waals surface area contributed by atoms with E-state index in [1.54, 1.807) is 0 Å². The van der Waals surface area contributed by atoms with Crippen LogP contribution in [0, 0.1) is 11.1 Å². The molecule has 11 heavy (non-hydrogen) atoms. The van der Waals surface area contributed by atoms with Crippen molar-refractivity contribution in [3.8, 4) is 11.1 Å². The Bertz CT molecular complexity index is 202. The molecule has 3 heteroatoms. The second kappa shape index (κ2) is 3.75. The van der Waals surface area contributed by atoms with Gasteiger partial charge in [-0.2, -0.15) is 0 Å². The SMILES string of the molecule is C=C[Si](C)(C)C#C[Si](C)(C)Br. The molecule has 0 rings (SSSR count). The van der Waals surface area contributed by atoms with Crippen molar-refractivity contribution in [3.63, 3.8) is 0 Å². The highest BCUT2D eigenvalue weighted by atomic mass is 79.9. The van der Waals surface area contributed by atoms with Gasteiger partial charge in [0.25, 0.3) is 0 Å². The summed E-state index contributed by atoms with van der Waals surface area (Å²) in [6.45, 7) is 11.2. The number of rotatable bonds is 1. The molecule has 0 saturated carbocycles. The minimum atomic E-state index is -1.38. The van der Waals surface area contributed by atoms with Gasteiger partial charge < -0.3 is 0 Å². The Morgan fingerprint density at radius 2 is 1.64 bits per heavy atom. The van der Waals surface area contributed by atoms with E-state index in [0.29, 0.717) is 0 Å². The van der Waals surface area contributed by atoms with Crippen molar-refractivity contribution in [3.05, 3.63) is 12.3 Å². The van der Waals surface area contributed by atoms with E-state index in [4.69, 9.17) is 0 Å². The summed E-state index contributed by atoms with van der Waals surface area (Å²) in [5.41, 5.74) is 8.66. The van der Waals surface area contributed by atoms with E-state index in [1.807, 2.05) is 5.70 Å². The molecule has 0 spiro atoms. The van der Waals surface area contributed by atoms with Crippen LogP contribution >= 0.6 is 15.3 Å². The minimum Gasteiger partial charge on any atom is -0.133 e. The first-order valence-corrected chi connectivity index (χ1v) is 12.0. The molecular weight excluding hydrogens is 232 g/mol. The van der Waals surface area contributed by atoms with Gasteiger partial charge in [-0.25, -0.2) is 0 Å². The molecule has 0 aliphatic heterocycles. The maximum Gasteiger partial charge on any atom is 0.202 e. The molecule has 0 atom stereocenters. The average Bonchev–Trinajstić information content (AvgIpc) is 1.83. The van der Waals surface area contributed by atoms with Gasteiger partial charge in [-0.3, -0.25) is 0 Å². The Labute approximate surface area is 79.7 Å². The first-order valence-electron chi connectivity index (χ1n) is 3.64. The van der Waals surface area contributed by atoms with E-state index in [2.05, 4.69) is 59.1 Å². The quantitative estimate of drug-likeness (QED) is 0.379.